The molecule has 1 aromatic rings. The summed E-state index contributed by atoms with van der Waals surface area (Å²) in [7, 11) is 1.38. The highest BCUT2D eigenvalue weighted by Crippen LogP contribution is 2.17. The first-order chi connectivity index (χ1) is 9.29. The molecule has 2 rings (SSSR count). The van der Waals surface area contributed by atoms with Gasteiger partial charge in [-0.3, -0.25) is 0 Å². The highest BCUT2D eigenvalue weighted by Gasteiger charge is 2.12. The maximum atomic E-state index is 11.3. The fraction of sp³-hybridized carbons (Fsp3) is 0.533. The van der Waals surface area contributed by atoms with Gasteiger partial charge in [0.25, 0.3) is 0 Å². The first-order valence-corrected chi connectivity index (χ1v) is 6.81. The lowest BCUT2D eigenvalue weighted by Gasteiger charge is -2.22. The van der Waals surface area contributed by atoms with Crippen molar-refractivity contribution in [3.63, 3.8) is 0 Å². The fourth-order valence-electron chi connectivity index (χ4n) is 2.32. The molecule has 1 heterocycles. The second kappa shape index (κ2) is 8.82. The van der Waals surface area contributed by atoms with E-state index in [0.29, 0.717) is 5.56 Å². The van der Waals surface area contributed by atoms with Gasteiger partial charge in [-0.15, -0.1) is 12.4 Å². The number of hydrogen-bond donors (Lipinski definition) is 1. The largest absolute Gasteiger partial charge is 0.494 e. The zero-order valence-corrected chi connectivity index (χ0v) is 12.6. The van der Waals surface area contributed by atoms with E-state index < -0.39 is 0 Å². The minimum Gasteiger partial charge on any atom is -0.494 e. The molecule has 0 spiro atoms. The molecule has 0 radical (unpaired) electrons. The van der Waals surface area contributed by atoms with E-state index >= 15 is 0 Å². The second-order valence-corrected chi connectivity index (χ2v) is 4.87. The maximum Gasteiger partial charge on any atom is 0.337 e. The van der Waals surface area contributed by atoms with E-state index in [1.807, 2.05) is 12.1 Å². The molecule has 1 unspecified atom stereocenters. The number of carbonyl (C=O) groups excluding carboxylic acids is 1. The standard InChI is InChI=1S/C15H21NO3.ClH/c1-18-15(17)13-4-6-14(7-5-13)19-10-8-12-3-2-9-16-11-12;/h4-7,12,16H,2-3,8-11H2,1H3;1H. The zero-order valence-electron chi connectivity index (χ0n) is 11.8. The van der Waals surface area contributed by atoms with Crippen LogP contribution < -0.4 is 10.1 Å². The van der Waals surface area contributed by atoms with Crippen LogP contribution in [0.1, 0.15) is 29.6 Å². The number of nitrogens with one attached hydrogen (secondary N) is 1. The highest BCUT2D eigenvalue weighted by molar-refractivity contribution is 5.89. The van der Waals surface area contributed by atoms with Crippen LogP contribution >= 0.6 is 12.4 Å². The summed E-state index contributed by atoms with van der Waals surface area (Å²) in [6.45, 7) is 2.97. The summed E-state index contributed by atoms with van der Waals surface area (Å²) in [5.74, 6) is 1.21. The lowest BCUT2D eigenvalue weighted by Crippen LogP contribution is -2.30. The van der Waals surface area contributed by atoms with Gasteiger partial charge in [-0.1, -0.05) is 0 Å². The van der Waals surface area contributed by atoms with Crippen LogP contribution in [0.2, 0.25) is 0 Å². The summed E-state index contributed by atoms with van der Waals surface area (Å²) >= 11 is 0. The molecule has 0 aromatic heterocycles. The summed E-state index contributed by atoms with van der Waals surface area (Å²) < 4.78 is 10.3. The molecule has 0 saturated carbocycles. The van der Waals surface area contributed by atoms with Gasteiger partial charge in [0.15, 0.2) is 0 Å². The van der Waals surface area contributed by atoms with Crippen LogP contribution in [0.5, 0.6) is 5.75 Å². The maximum absolute atomic E-state index is 11.3. The van der Waals surface area contributed by atoms with Crippen LogP contribution in [0.25, 0.3) is 0 Å². The van der Waals surface area contributed by atoms with Crippen molar-refractivity contribution in [1.29, 1.82) is 0 Å². The molecule has 1 atom stereocenters. The molecule has 1 N–H and O–H groups in total. The Morgan fingerprint density at radius 3 is 2.70 bits per heavy atom. The molecule has 5 heteroatoms. The molecule has 4 nitrogen and oxygen atoms in total. The number of halogens is 1. The Morgan fingerprint density at radius 2 is 2.10 bits per heavy atom. The fourth-order valence-corrected chi connectivity index (χ4v) is 2.32. The van der Waals surface area contributed by atoms with Gasteiger partial charge in [0.2, 0.25) is 0 Å². The number of carbonyl (C=O) groups is 1. The van der Waals surface area contributed by atoms with Gasteiger partial charge in [-0.2, -0.15) is 0 Å². The van der Waals surface area contributed by atoms with Crippen LogP contribution in [0.4, 0.5) is 0 Å². The van der Waals surface area contributed by atoms with E-state index in [1.165, 1.54) is 20.0 Å². The first-order valence-electron chi connectivity index (χ1n) is 6.81. The quantitative estimate of drug-likeness (QED) is 0.849. The number of ether oxygens (including phenoxy) is 2. The highest BCUT2D eigenvalue weighted by atomic mass is 35.5. The summed E-state index contributed by atoms with van der Waals surface area (Å²) in [5, 5.41) is 3.40. The Hall–Kier alpha value is -1.26. The molecule has 0 amide bonds. The predicted octanol–water partition coefficient (Wildman–Crippen LogP) is 2.66. The smallest absolute Gasteiger partial charge is 0.337 e. The van der Waals surface area contributed by atoms with Crippen molar-refractivity contribution in [2.24, 2.45) is 5.92 Å². The van der Waals surface area contributed by atoms with Crippen molar-refractivity contribution in [1.82, 2.24) is 5.32 Å². The Bertz CT molecular complexity index is 402. The van der Waals surface area contributed by atoms with E-state index in [9.17, 15) is 4.79 Å². The van der Waals surface area contributed by atoms with Crippen LogP contribution in [0.3, 0.4) is 0 Å². The van der Waals surface area contributed by atoms with Crippen LogP contribution in [0.15, 0.2) is 24.3 Å². The van der Waals surface area contributed by atoms with Gasteiger partial charge in [0, 0.05) is 0 Å². The Balaban J connectivity index is 0.00000200. The SMILES string of the molecule is COC(=O)c1ccc(OCCC2CCCNC2)cc1.Cl. The Labute approximate surface area is 126 Å². The average molecular weight is 300 g/mol. The second-order valence-electron chi connectivity index (χ2n) is 4.87. The summed E-state index contributed by atoms with van der Waals surface area (Å²) in [5.41, 5.74) is 0.548. The van der Waals surface area contributed by atoms with Crippen molar-refractivity contribution in [3.8, 4) is 5.75 Å². The molecule has 1 aliphatic rings. The normalized spacial score (nSPS) is 17.9. The molecule has 1 fully saturated rings. The van der Waals surface area contributed by atoms with Gasteiger partial charge < -0.3 is 14.8 Å². The van der Waals surface area contributed by atoms with Gasteiger partial charge in [-0.25, -0.2) is 4.79 Å². The summed E-state index contributed by atoms with van der Waals surface area (Å²) in [4.78, 5) is 11.3. The lowest BCUT2D eigenvalue weighted by atomic mass is 9.97. The van der Waals surface area contributed by atoms with Gasteiger partial charge in [0.1, 0.15) is 5.75 Å². The number of hydrogen-bond acceptors (Lipinski definition) is 4. The minimum absolute atomic E-state index is 0. The van der Waals surface area contributed by atoms with E-state index in [2.05, 4.69) is 10.1 Å². The van der Waals surface area contributed by atoms with E-state index in [0.717, 1.165) is 37.8 Å². The monoisotopic (exact) mass is 299 g/mol. The van der Waals surface area contributed by atoms with Crippen molar-refractivity contribution in [2.75, 3.05) is 26.8 Å². The predicted molar refractivity (Wildman–Crippen MR) is 80.7 cm³/mol. The topological polar surface area (TPSA) is 47.6 Å². The van der Waals surface area contributed by atoms with Crippen molar-refractivity contribution in [3.05, 3.63) is 29.8 Å². The van der Waals surface area contributed by atoms with Crippen LogP contribution in [-0.2, 0) is 4.74 Å². The number of rotatable bonds is 5. The Kier molecular flexibility index (Phi) is 7.41. The van der Waals surface area contributed by atoms with E-state index in [-0.39, 0.29) is 18.4 Å². The number of piperidine rings is 1. The molecule has 20 heavy (non-hydrogen) atoms. The molecule has 0 bridgehead atoms. The third-order valence-corrected chi connectivity index (χ3v) is 3.47. The first kappa shape index (κ1) is 16.8. The third-order valence-electron chi connectivity index (χ3n) is 3.47. The van der Waals surface area contributed by atoms with Gasteiger partial charge in [0.05, 0.1) is 19.3 Å². The summed E-state index contributed by atoms with van der Waals surface area (Å²) in [6.07, 6.45) is 3.63. The number of esters is 1. The number of benzene rings is 1. The van der Waals surface area contributed by atoms with Crippen molar-refractivity contribution in [2.45, 2.75) is 19.3 Å². The zero-order chi connectivity index (χ0) is 13.5. The molecule has 1 saturated heterocycles. The van der Waals surface area contributed by atoms with Gasteiger partial charge >= 0.3 is 5.97 Å². The third kappa shape index (κ3) is 5.02. The average Bonchev–Trinajstić information content (AvgIpc) is 2.48. The molecule has 1 aromatic carbocycles. The van der Waals surface area contributed by atoms with Gasteiger partial charge in [-0.05, 0) is 62.5 Å². The van der Waals surface area contributed by atoms with Crippen LogP contribution in [0, 0.1) is 5.92 Å². The van der Waals surface area contributed by atoms with Crippen molar-refractivity contribution >= 4 is 18.4 Å². The number of methoxy groups -OCH3 is 1. The lowest BCUT2D eigenvalue weighted by molar-refractivity contribution is 0.0600. The Morgan fingerprint density at radius 1 is 1.35 bits per heavy atom. The minimum atomic E-state index is -0.320. The molecule has 1 aliphatic heterocycles. The van der Waals surface area contributed by atoms with Crippen molar-refractivity contribution < 1.29 is 14.3 Å². The van der Waals surface area contributed by atoms with E-state index in [4.69, 9.17) is 4.74 Å². The van der Waals surface area contributed by atoms with E-state index in [1.54, 1.807) is 12.1 Å². The molecule has 112 valence electrons. The molecular formula is C15H22ClNO3. The molecule has 0 aliphatic carbocycles. The summed E-state index contributed by atoms with van der Waals surface area (Å²) in [6, 6.07) is 7.07. The molecular weight excluding hydrogens is 278 g/mol. The van der Waals surface area contributed by atoms with Crippen LogP contribution in [-0.4, -0.2) is 32.8 Å².